The lowest BCUT2D eigenvalue weighted by atomic mass is 9.90. The third-order valence-electron chi connectivity index (χ3n) is 13.2. The minimum atomic E-state index is -1.53. The zero-order chi connectivity index (χ0) is 59.5. The molecule has 3 N–H and O–H groups in total. The van der Waals surface area contributed by atoms with E-state index in [1.165, 1.54) is 36.4 Å². The maximum atomic E-state index is 14.2. The second kappa shape index (κ2) is 32.4. The van der Waals surface area contributed by atoms with Crippen LogP contribution >= 0.6 is 0 Å². The van der Waals surface area contributed by atoms with Gasteiger partial charge in [-0.25, -0.2) is 14.4 Å². The average Bonchev–Trinajstić information content (AvgIpc) is 4.01. The van der Waals surface area contributed by atoms with Crippen LogP contribution in [0.2, 0.25) is 0 Å². The Morgan fingerprint density at radius 1 is 0.571 bits per heavy atom. The van der Waals surface area contributed by atoms with Crippen LogP contribution in [0.4, 0.5) is 0 Å². The Morgan fingerprint density at radius 2 is 1.15 bits per heavy atom. The Kier molecular flexibility index (Phi) is 23.8. The summed E-state index contributed by atoms with van der Waals surface area (Å²) in [5.41, 5.74) is 3.19. The largest absolute Gasteiger partial charge is 0.488 e. The SMILES string of the molecule is CCCCCC(C(=O)NCNC(=O)c1ccc(-c2ccc(C(=O)NC(CC(=O)OCc3ccccc3)C(=O)OCc3ccccc3)c(OCC(=O)OCc3ccccc3)c2)o1)[C@@H](CC)N(C=O)OC(=O)c1ccccc1OCc1ccccc1. The molecular formula is C65H66N4O15. The topological polar surface area (TPSA) is 244 Å². The smallest absolute Gasteiger partial charge is 0.366 e. The Bertz CT molecular complexity index is 3280. The molecule has 19 heteroatoms. The zero-order valence-corrected chi connectivity index (χ0v) is 46.6. The fourth-order valence-electron chi connectivity index (χ4n) is 8.73. The van der Waals surface area contributed by atoms with E-state index in [1.54, 1.807) is 104 Å². The van der Waals surface area contributed by atoms with Crippen molar-refractivity contribution in [2.45, 2.75) is 90.9 Å². The number of hydrogen-bond acceptors (Lipinski definition) is 15. The minimum absolute atomic E-state index is 0.0536. The fraction of sp³-hybridized carbons (Fsp3) is 0.262. The summed E-state index contributed by atoms with van der Waals surface area (Å²) in [5, 5.41) is 8.79. The van der Waals surface area contributed by atoms with Gasteiger partial charge < -0.3 is 48.9 Å². The lowest BCUT2D eigenvalue weighted by molar-refractivity contribution is -0.171. The van der Waals surface area contributed by atoms with Crippen molar-refractivity contribution in [2.24, 2.45) is 5.92 Å². The molecule has 0 spiro atoms. The van der Waals surface area contributed by atoms with E-state index in [1.807, 2.05) is 49.4 Å². The maximum absolute atomic E-state index is 14.2. The molecule has 4 amide bonds. The van der Waals surface area contributed by atoms with Crippen molar-refractivity contribution in [3.8, 4) is 22.8 Å². The molecule has 0 aliphatic carbocycles. The summed E-state index contributed by atoms with van der Waals surface area (Å²) in [6, 6.07) is 47.2. The number of rotatable bonds is 32. The monoisotopic (exact) mass is 1140 g/mol. The molecule has 0 aliphatic rings. The summed E-state index contributed by atoms with van der Waals surface area (Å²) < 4.78 is 34.2. The standard InChI is InChI=1S/C65H66N4O15/c1-3-5-10-29-50(54(4-2)69(44-70)84-64(76)52-30-19-20-31-56(52)78-38-45-21-11-6-12-22-45)61(73)66-43-67-63(75)57-35-34-55(83-57)49-32-33-51(58(36-49)79-42-60(72)81-40-47-25-15-8-16-26-47)62(74)68-53(65(77)82-41-48-27-17-9-18-28-48)37-59(71)80-39-46-23-13-7-14-24-46/h6-9,11-28,30-36,44,50,53-54H,3-5,10,29,37-43H2,1-2H3,(H,66,73)(H,67,75)(H,68,74)/t50?,53?,54-/m1/s1. The second-order valence-corrected chi connectivity index (χ2v) is 19.2. The van der Waals surface area contributed by atoms with Gasteiger partial charge in [0.25, 0.3) is 11.8 Å². The molecular weight excluding hydrogens is 1080 g/mol. The van der Waals surface area contributed by atoms with Gasteiger partial charge in [0, 0.05) is 5.56 Å². The number of carbonyl (C=O) groups is 8. The van der Waals surface area contributed by atoms with Crippen molar-refractivity contribution in [1.29, 1.82) is 0 Å². The van der Waals surface area contributed by atoms with Gasteiger partial charge in [0.05, 0.1) is 30.6 Å². The number of nitrogens with one attached hydrogen (secondary N) is 3. The van der Waals surface area contributed by atoms with Crippen LogP contribution in [0.5, 0.6) is 11.5 Å². The number of hydrogen-bond donors (Lipinski definition) is 3. The first-order valence-electron chi connectivity index (χ1n) is 27.5. The van der Waals surface area contributed by atoms with Crippen molar-refractivity contribution in [2.75, 3.05) is 13.3 Å². The van der Waals surface area contributed by atoms with Crippen LogP contribution < -0.4 is 25.4 Å². The van der Waals surface area contributed by atoms with Crippen molar-refractivity contribution >= 4 is 48.0 Å². The van der Waals surface area contributed by atoms with Crippen LogP contribution in [0, 0.1) is 5.92 Å². The molecule has 0 saturated heterocycles. The highest BCUT2D eigenvalue weighted by molar-refractivity contribution is 6.00. The van der Waals surface area contributed by atoms with Gasteiger partial charge in [0.15, 0.2) is 12.4 Å². The van der Waals surface area contributed by atoms with Gasteiger partial charge in [-0.15, -0.1) is 0 Å². The highest BCUT2D eigenvalue weighted by Crippen LogP contribution is 2.30. The number of hydroxylamine groups is 2. The molecule has 0 fully saturated rings. The molecule has 1 aromatic heterocycles. The van der Waals surface area contributed by atoms with Crippen LogP contribution in [-0.2, 0) is 69.4 Å². The van der Waals surface area contributed by atoms with E-state index in [-0.39, 0.29) is 73.7 Å². The van der Waals surface area contributed by atoms with Gasteiger partial charge in [0.1, 0.15) is 55.3 Å². The van der Waals surface area contributed by atoms with Crippen molar-refractivity contribution in [1.82, 2.24) is 21.0 Å². The van der Waals surface area contributed by atoms with E-state index in [0.29, 0.717) is 35.9 Å². The number of esters is 3. The number of benzene rings is 6. The van der Waals surface area contributed by atoms with Crippen molar-refractivity contribution in [3.05, 3.63) is 215 Å². The van der Waals surface area contributed by atoms with Gasteiger partial charge >= 0.3 is 23.9 Å². The third kappa shape index (κ3) is 18.8. The maximum Gasteiger partial charge on any atom is 0.366 e. The van der Waals surface area contributed by atoms with Crippen molar-refractivity contribution < 1.29 is 71.3 Å². The van der Waals surface area contributed by atoms with Crippen LogP contribution in [0.15, 0.2) is 180 Å². The molecule has 2 unspecified atom stereocenters. The van der Waals surface area contributed by atoms with Gasteiger partial charge in [-0.1, -0.05) is 173 Å². The predicted octanol–water partition coefficient (Wildman–Crippen LogP) is 9.63. The average molecular weight is 1140 g/mol. The Labute approximate surface area is 486 Å². The molecule has 3 atom stereocenters. The molecule has 436 valence electrons. The molecule has 0 radical (unpaired) electrons. The van der Waals surface area contributed by atoms with E-state index >= 15 is 0 Å². The van der Waals surface area contributed by atoms with Crippen LogP contribution in [-0.4, -0.2) is 78.4 Å². The van der Waals surface area contributed by atoms with Gasteiger partial charge in [-0.2, -0.15) is 5.06 Å². The van der Waals surface area contributed by atoms with E-state index in [0.717, 1.165) is 29.0 Å². The van der Waals surface area contributed by atoms with Gasteiger partial charge in [-0.05, 0) is 71.5 Å². The highest BCUT2D eigenvalue weighted by Gasteiger charge is 2.34. The molecule has 6 aromatic carbocycles. The molecule has 0 bridgehead atoms. The van der Waals surface area contributed by atoms with Crippen LogP contribution in [0.3, 0.4) is 0 Å². The number of amides is 4. The van der Waals surface area contributed by atoms with Gasteiger partial charge in [-0.3, -0.25) is 24.0 Å². The molecule has 84 heavy (non-hydrogen) atoms. The van der Waals surface area contributed by atoms with Crippen LogP contribution in [0.1, 0.15) is 106 Å². The molecule has 7 rings (SSSR count). The fourth-order valence-corrected chi connectivity index (χ4v) is 8.73. The number of furan rings is 1. The summed E-state index contributed by atoms with van der Waals surface area (Å²) in [6.07, 6.45) is 2.60. The van der Waals surface area contributed by atoms with E-state index in [2.05, 4.69) is 16.0 Å². The summed E-state index contributed by atoms with van der Waals surface area (Å²) >= 11 is 0. The summed E-state index contributed by atoms with van der Waals surface area (Å²) in [7, 11) is 0. The number of para-hydroxylation sites is 1. The number of unbranched alkanes of at least 4 members (excludes halogenated alkanes) is 2. The molecule has 19 nitrogen and oxygen atoms in total. The first-order valence-corrected chi connectivity index (χ1v) is 27.5. The lowest BCUT2D eigenvalue weighted by Crippen LogP contribution is -2.49. The number of ether oxygens (including phenoxy) is 5. The Morgan fingerprint density at radius 3 is 1.76 bits per heavy atom. The third-order valence-corrected chi connectivity index (χ3v) is 13.2. The zero-order valence-electron chi connectivity index (χ0n) is 46.6. The normalized spacial score (nSPS) is 11.8. The minimum Gasteiger partial charge on any atom is -0.488 e. The van der Waals surface area contributed by atoms with E-state index in [9.17, 15) is 38.4 Å². The predicted molar refractivity (Wildman–Crippen MR) is 307 cm³/mol. The first kappa shape index (κ1) is 61.6. The quantitative estimate of drug-likeness (QED) is 0.00887. The molecule has 0 saturated carbocycles. The van der Waals surface area contributed by atoms with E-state index < -0.39 is 72.6 Å². The first-order chi connectivity index (χ1) is 40.9. The Hall–Kier alpha value is -10.0. The Balaban J connectivity index is 1.03. The molecule has 1 heterocycles. The van der Waals surface area contributed by atoms with Crippen molar-refractivity contribution in [3.63, 3.8) is 0 Å². The number of carbonyl (C=O) groups excluding carboxylic acids is 8. The lowest BCUT2D eigenvalue weighted by Gasteiger charge is -2.32. The molecule has 7 aromatic rings. The van der Waals surface area contributed by atoms with E-state index in [4.69, 9.17) is 32.9 Å². The summed E-state index contributed by atoms with van der Waals surface area (Å²) in [4.78, 5) is 114. The summed E-state index contributed by atoms with van der Waals surface area (Å²) in [6.45, 7) is 2.66. The van der Waals surface area contributed by atoms with Crippen LogP contribution in [0.25, 0.3) is 11.3 Å². The summed E-state index contributed by atoms with van der Waals surface area (Å²) in [5.74, 6) is -6.24. The number of nitrogens with zero attached hydrogens (tertiary/aromatic N) is 1. The highest BCUT2D eigenvalue weighted by atomic mass is 16.7. The second-order valence-electron chi connectivity index (χ2n) is 19.2. The van der Waals surface area contributed by atoms with Gasteiger partial charge in [0.2, 0.25) is 12.3 Å². The molecule has 0 aliphatic heterocycles.